The van der Waals surface area contributed by atoms with Crippen LogP contribution in [0, 0.1) is 23.7 Å². The fraction of sp³-hybridized carbons (Fsp3) is 0.243. The van der Waals surface area contributed by atoms with Gasteiger partial charge in [0.05, 0.1) is 24.2 Å². The second-order valence-corrected chi connectivity index (χ2v) is 12.2. The fourth-order valence-corrected chi connectivity index (χ4v) is 4.80. The van der Waals surface area contributed by atoms with Crippen LogP contribution in [0.15, 0.2) is 97.3 Å². The van der Waals surface area contributed by atoms with Crippen molar-refractivity contribution in [2.24, 2.45) is 0 Å². The van der Waals surface area contributed by atoms with Crippen LogP contribution in [-0.4, -0.2) is 58.1 Å². The Bertz CT molecular complexity index is 1780. The predicted octanol–water partition coefficient (Wildman–Crippen LogP) is 5.92. The van der Waals surface area contributed by atoms with E-state index in [4.69, 9.17) is 0 Å². The highest BCUT2D eigenvalue weighted by Gasteiger charge is 2.41. The smallest absolute Gasteiger partial charge is 0.325 e. The summed E-state index contributed by atoms with van der Waals surface area (Å²) in [4.78, 5) is 38.1. The fourth-order valence-electron chi connectivity index (χ4n) is 4.80. The lowest BCUT2D eigenvalue weighted by Crippen LogP contribution is -2.38. The summed E-state index contributed by atoms with van der Waals surface area (Å²) in [5, 5.41) is 2.92. The number of likely N-dealkylation sites (N-methyl/N-ethyl adjacent to an activating group) is 1. The normalized spacial score (nSPS) is 16.1. The molecule has 2 aromatic carbocycles. The Kier molecular flexibility index (Phi) is 8.88. The zero-order valence-corrected chi connectivity index (χ0v) is 26.2. The first-order chi connectivity index (χ1) is 21.5. The number of nitrogens with one attached hydrogen (secondary N) is 1. The summed E-state index contributed by atoms with van der Waals surface area (Å²) in [6, 6.07) is 27.0. The average Bonchev–Trinajstić information content (AvgIpc) is 3.45. The Hall–Kier alpha value is -5.60. The van der Waals surface area contributed by atoms with Crippen LogP contribution in [0.4, 0.5) is 21.2 Å². The van der Waals surface area contributed by atoms with Gasteiger partial charge in [0.25, 0.3) is 0 Å². The van der Waals surface area contributed by atoms with Crippen molar-refractivity contribution in [3.8, 4) is 23.7 Å². The van der Waals surface area contributed by atoms with Crippen molar-refractivity contribution in [3.05, 3.63) is 120 Å². The summed E-state index contributed by atoms with van der Waals surface area (Å²) in [6.07, 6.45) is 3.41. The molecule has 0 aliphatic carbocycles. The molecular weight excluding hydrogens is 560 g/mol. The molecule has 2 fully saturated rings. The molecular formula is C37H36N6O2. The van der Waals surface area contributed by atoms with Gasteiger partial charge in [-0.05, 0) is 76.2 Å². The van der Waals surface area contributed by atoms with Crippen molar-refractivity contribution in [2.45, 2.75) is 38.8 Å². The van der Waals surface area contributed by atoms with Crippen LogP contribution in [0.5, 0.6) is 0 Å². The Morgan fingerprint density at radius 1 is 0.622 bits per heavy atom. The molecule has 0 bridgehead atoms. The maximum atomic E-state index is 12.3. The minimum absolute atomic E-state index is 0.0226. The summed E-state index contributed by atoms with van der Waals surface area (Å²) in [5.74, 6) is 13.7. The van der Waals surface area contributed by atoms with Gasteiger partial charge in [0, 0.05) is 41.7 Å². The number of rotatable bonds is 2. The van der Waals surface area contributed by atoms with E-state index in [2.05, 4.69) is 39.0 Å². The third-order valence-electron chi connectivity index (χ3n) is 7.51. The molecule has 4 aromatic rings. The van der Waals surface area contributed by atoms with Gasteiger partial charge in [-0.3, -0.25) is 9.80 Å². The quantitative estimate of drug-likeness (QED) is 0.291. The van der Waals surface area contributed by atoms with Crippen LogP contribution in [0.25, 0.3) is 0 Å². The van der Waals surface area contributed by atoms with E-state index >= 15 is 0 Å². The second-order valence-electron chi connectivity index (χ2n) is 12.2. The molecule has 8 nitrogen and oxygen atoms in total. The highest BCUT2D eigenvalue weighted by Crippen LogP contribution is 2.28. The van der Waals surface area contributed by atoms with Gasteiger partial charge in [0.2, 0.25) is 0 Å². The molecule has 4 amide bonds. The lowest BCUT2D eigenvalue weighted by Gasteiger charge is -2.24. The number of hydrogen-bond donors (Lipinski definition) is 1. The van der Waals surface area contributed by atoms with E-state index in [0.29, 0.717) is 24.7 Å². The van der Waals surface area contributed by atoms with E-state index in [-0.39, 0.29) is 23.1 Å². The van der Waals surface area contributed by atoms with E-state index in [1.54, 1.807) is 27.1 Å². The number of nitrogens with zero attached hydrogens (tertiary/aromatic N) is 5. The first-order valence-corrected chi connectivity index (χ1v) is 14.7. The van der Waals surface area contributed by atoms with Crippen LogP contribution in [0.2, 0.25) is 0 Å². The number of aromatic nitrogens is 2. The highest BCUT2D eigenvalue weighted by atomic mass is 16.2. The second kappa shape index (κ2) is 13.0. The number of pyridine rings is 2. The standard InChI is InChI=1S/C19H19N3O.C18H17N3O/c1-19(2)14-22(18(23)21(19)3)17-12-11-16(13-20-17)10-9-15-7-5-4-6-8-15;1-18(2)13-21(17(22)20-18)16-11-10-15(12-19-16)9-8-14-6-4-3-5-7-14/h4-8,11-13H,14H2,1-3H3;3-7,10-12H,13H2,1-2H3,(H,20,22). The number of amides is 4. The summed E-state index contributed by atoms with van der Waals surface area (Å²) >= 11 is 0. The molecule has 0 saturated carbocycles. The summed E-state index contributed by atoms with van der Waals surface area (Å²) < 4.78 is 0. The van der Waals surface area contributed by atoms with Gasteiger partial charge in [-0.2, -0.15) is 0 Å². The molecule has 2 saturated heterocycles. The van der Waals surface area contributed by atoms with Gasteiger partial charge in [0.15, 0.2) is 0 Å². The number of hydrogen-bond acceptors (Lipinski definition) is 4. The van der Waals surface area contributed by atoms with Gasteiger partial charge >= 0.3 is 12.1 Å². The van der Waals surface area contributed by atoms with Crippen molar-refractivity contribution in [1.29, 1.82) is 0 Å². The van der Waals surface area contributed by atoms with Gasteiger partial charge < -0.3 is 10.2 Å². The van der Waals surface area contributed by atoms with Gasteiger partial charge in [-0.1, -0.05) is 60.1 Å². The van der Waals surface area contributed by atoms with E-state index in [9.17, 15) is 9.59 Å². The average molecular weight is 597 g/mol. The van der Waals surface area contributed by atoms with Crippen molar-refractivity contribution >= 4 is 23.7 Å². The molecule has 2 aromatic heterocycles. The van der Waals surface area contributed by atoms with E-state index < -0.39 is 0 Å². The van der Waals surface area contributed by atoms with Gasteiger partial charge in [0.1, 0.15) is 11.6 Å². The minimum atomic E-state index is -0.232. The third kappa shape index (κ3) is 7.68. The molecule has 6 rings (SSSR count). The molecule has 8 heteroatoms. The maximum Gasteiger partial charge on any atom is 0.325 e. The predicted molar refractivity (Wildman–Crippen MR) is 178 cm³/mol. The summed E-state index contributed by atoms with van der Waals surface area (Å²) in [7, 11) is 1.82. The van der Waals surface area contributed by atoms with Crippen molar-refractivity contribution < 1.29 is 9.59 Å². The topological polar surface area (TPSA) is 81.7 Å². The summed E-state index contributed by atoms with van der Waals surface area (Å²) in [6.45, 7) is 9.31. The Balaban J connectivity index is 0.000000178. The molecule has 0 spiro atoms. The molecule has 0 radical (unpaired) electrons. The first-order valence-electron chi connectivity index (χ1n) is 14.7. The van der Waals surface area contributed by atoms with E-state index in [0.717, 1.165) is 22.3 Å². The molecule has 0 unspecified atom stereocenters. The molecule has 4 heterocycles. The first kappa shape index (κ1) is 30.8. The largest absolute Gasteiger partial charge is 0.331 e. The number of urea groups is 2. The van der Waals surface area contributed by atoms with Crippen molar-refractivity contribution in [2.75, 3.05) is 29.9 Å². The SMILES string of the molecule is CC1(C)CN(c2ccc(C#Cc3ccccc3)cn2)C(=O)N1.CN1C(=O)N(c2ccc(C#Cc3ccccc3)cn2)CC1(C)C. The van der Waals surface area contributed by atoms with E-state index in [1.807, 2.05) is 120 Å². The number of carbonyl (C=O) groups excluding carboxylic acids is 2. The van der Waals surface area contributed by atoms with Gasteiger partial charge in [-0.25, -0.2) is 19.6 Å². The van der Waals surface area contributed by atoms with Crippen LogP contribution in [0.1, 0.15) is 49.9 Å². The number of anilines is 2. The van der Waals surface area contributed by atoms with Crippen molar-refractivity contribution in [1.82, 2.24) is 20.2 Å². The lowest BCUT2D eigenvalue weighted by molar-refractivity contribution is 0.198. The molecule has 0 atom stereocenters. The number of benzene rings is 2. The lowest BCUT2D eigenvalue weighted by atomic mass is 10.1. The third-order valence-corrected chi connectivity index (χ3v) is 7.51. The zero-order valence-electron chi connectivity index (χ0n) is 26.2. The Labute approximate surface area is 265 Å². The molecule has 1 N–H and O–H groups in total. The van der Waals surface area contributed by atoms with Gasteiger partial charge in [-0.15, -0.1) is 0 Å². The van der Waals surface area contributed by atoms with Crippen LogP contribution in [-0.2, 0) is 0 Å². The Morgan fingerprint density at radius 2 is 1.09 bits per heavy atom. The Morgan fingerprint density at radius 3 is 1.47 bits per heavy atom. The zero-order chi connectivity index (χ0) is 32.0. The molecule has 2 aliphatic rings. The van der Waals surface area contributed by atoms with Crippen molar-refractivity contribution in [3.63, 3.8) is 0 Å². The van der Waals surface area contributed by atoms with Crippen LogP contribution >= 0.6 is 0 Å². The highest BCUT2D eigenvalue weighted by molar-refractivity contribution is 5.94. The minimum Gasteiger partial charge on any atom is -0.331 e. The summed E-state index contributed by atoms with van der Waals surface area (Å²) in [5.41, 5.74) is 3.17. The van der Waals surface area contributed by atoms with Crippen LogP contribution in [0.3, 0.4) is 0 Å². The number of carbonyl (C=O) groups is 2. The van der Waals surface area contributed by atoms with E-state index in [1.165, 1.54) is 0 Å². The molecule has 2 aliphatic heterocycles. The monoisotopic (exact) mass is 596 g/mol. The molecule has 226 valence electrons. The van der Waals surface area contributed by atoms with Crippen LogP contribution < -0.4 is 15.1 Å². The maximum absolute atomic E-state index is 12.3. The molecule has 45 heavy (non-hydrogen) atoms.